The fraction of sp³-hybridized carbons (Fsp3) is 0.462. The molecule has 108 valence electrons. The first-order valence-electron chi connectivity index (χ1n) is 6.51. The van der Waals surface area contributed by atoms with Crippen molar-refractivity contribution in [2.45, 2.75) is 12.5 Å². The number of non-ortho nitro benzene ring substituents is 1. The molecule has 0 bridgehead atoms. The molecule has 0 saturated carbocycles. The van der Waals surface area contributed by atoms with E-state index in [1.807, 2.05) is 4.90 Å². The average molecular weight is 279 g/mol. The quantitative estimate of drug-likeness (QED) is 0.631. The molecule has 1 aliphatic rings. The number of hydrogen-bond acceptors (Lipinski definition) is 5. The van der Waals surface area contributed by atoms with Crippen molar-refractivity contribution in [2.75, 3.05) is 26.2 Å². The summed E-state index contributed by atoms with van der Waals surface area (Å²) in [5.41, 5.74) is 0.542. The van der Waals surface area contributed by atoms with Gasteiger partial charge < -0.3 is 10.4 Å². The van der Waals surface area contributed by atoms with Gasteiger partial charge >= 0.3 is 5.97 Å². The summed E-state index contributed by atoms with van der Waals surface area (Å²) in [7, 11) is 0. The van der Waals surface area contributed by atoms with E-state index in [9.17, 15) is 20.0 Å². The maximum Gasteiger partial charge on any atom is 0.325 e. The number of nitro benzene ring substituents is 1. The van der Waals surface area contributed by atoms with E-state index in [4.69, 9.17) is 0 Å². The van der Waals surface area contributed by atoms with E-state index in [2.05, 4.69) is 5.32 Å². The number of nitrogens with zero attached hydrogens (tertiary/aromatic N) is 2. The summed E-state index contributed by atoms with van der Waals surface area (Å²) >= 11 is 0. The largest absolute Gasteiger partial charge is 0.480 e. The monoisotopic (exact) mass is 279 g/mol. The Kier molecular flexibility index (Phi) is 4.65. The van der Waals surface area contributed by atoms with Crippen LogP contribution in [0.3, 0.4) is 0 Å². The van der Waals surface area contributed by atoms with Crippen LogP contribution in [0.4, 0.5) is 5.69 Å². The lowest BCUT2D eigenvalue weighted by Crippen LogP contribution is -2.36. The van der Waals surface area contributed by atoms with Crippen molar-refractivity contribution >= 4 is 11.7 Å². The second-order valence-corrected chi connectivity index (χ2v) is 4.73. The van der Waals surface area contributed by atoms with Crippen LogP contribution in [0.1, 0.15) is 18.0 Å². The number of rotatable bonds is 4. The molecule has 1 aromatic rings. The number of carboxylic acid groups (broad SMARTS) is 1. The Morgan fingerprint density at radius 1 is 1.30 bits per heavy atom. The average Bonchev–Trinajstić information content (AvgIpc) is 2.68. The van der Waals surface area contributed by atoms with Crippen molar-refractivity contribution < 1.29 is 14.8 Å². The van der Waals surface area contributed by atoms with Gasteiger partial charge in [0, 0.05) is 31.8 Å². The Morgan fingerprint density at radius 3 is 2.60 bits per heavy atom. The molecular weight excluding hydrogens is 262 g/mol. The highest BCUT2D eigenvalue weighted by Crippen LogP contribution is 2.24. The molecule has 1 unspecified atom stereocenters. The van der Waals surface area contributed by atoms with Crippen molar-refractivity contribution in [1.29, 1.82) is 0 Å². The van der Waals surface area contributed by atoms with Crippen LogP contribution in [0.5, 0.6) is 0 Å². The number of nitrogens with one attached hydrogen (secondary N) is 1. The van der Waals surface area contributed by atoms with Crippen molar-refractivity contribution in [1.82, 2.24) is 10.2 Å². The van der Waals surface area contributed by atoms with Crippen LogP contribution in [-0.2, 0) is 4.79 Å². The molecule has 1 aliphatic heterocycles. The molecule has 2 N–H and O–H groups in total. The smallest absolute Gasteiger partial charge is 0.325 e. The van der Waals surface area contributed by atoms with Gasteiger partial charge in [-0.25, -0.2) is 0 Å². The first-order chi connectivity index (χ1) is 9.59. The van der Waals surface area contributed by atoms with Gasteiger partial charge in [-0.15, -0.1) is 0 Å². The highest BCUT2D eigenvalue weighted by molar-refractivity contribution is 5.75. The van der Waals surface area contributed by atoms with Crippen molar-refractivity contribution in [3.05, 3.63) is 39.9 Å². The molecule has 1 fully saturated rings. The number of carbonyl (C=O) groups is 1. The van der Waals surface area contributed by atoms with Gasteiger partial charge in [-0.2, -0.15) is 0 Å². The third-order valence-electron chi connectivity index (χ3n) is 3.39. The van der Waals surface area contributed by atoms with Crippen LogP contribution in [0.25, 0.3) is 0 Å². The summed E-state index contributed by atoms with van der Waals surface area (Å²) < 4.78 is 0. The van der Waals surface area contributed by atoms with Crippen LogP contribution in [0, 0.1) is 10.1 Å². The lowest BCUT2D eigenvalue weighted by Gasteiger charge is -2.27. The number of hydrogen-bond donors (Lipinski definition) is 2. The standard InChI is InChI=1S/C13H17N3O4/c17-13(18)12(15-8-1-6-14-7-9-15)10-2-4-11(5-3-10)16(19)20/h2-5,12,14H,1,6-9H2,(H,17,18). The van der Waals surface area contributed by atoms with Crippen LogP contribution in [-0.4, -0.2) is 47.1 Å². The van der Waals surface area contributed by atoms with Gasteiger partial charge in [0.1, 0.15) is 6.04 Å². The molecular formula is C13H17N3O4. The molecule has 0 radical (unpaired) electrons. The van der Waals surface area contributed by atoms with Crippen LogP contribution in [0.15, 0.2) is 24.3 Å². The first kappa shape index (κ1) is 14.4. The van der Waals surface area contributed by atoms with Crippen LogP contribution < -0.4 is 5.32 Å². The zero-order valence-corrected chi connectivity index (χ0v) is 11.0. The zero-order chi connectivity index (χ0) is 14.5. The van der Waals surface area contributed by atoms with E-state index in [0.29, 0.717) is 18.7 Å². The van der Waals surface area contributed by atoms with Gasteiger partial charge in [0.15, 0.2) is 0 Å². The molecule has 2 rings (SSSR count). The molecule has 1 saturated heterocycles. The van der Waals surface area contributed by atoms with Gasteiger partial charge in [0.05, 0.1) is 4.92 Å². The minimum Gasteiger partial charge on any atom is -0.480 e. The molecule has 0 spiro atoms. The number of carboxylic acids is 1. The third kappa shape index (κ3) is 3.31. The Bertz CT molecular complexity index is 481. The van der Waals surface area contributed by atoms with E-state index in [0.717, 1.165) is 19.5 Å². The van der Waals surface area contributed by atoms with E-state index in [-0.39, 0.29) is 5.69 Å². The van der Waals surface area contributed by atoms with E-state index in [1.54, 1.807) is 0 Å². The van der Waals surface area contributed by atoms with Gasteiger partial charge in [0.2, 0.25) is 0 Å². The molecule has 0 amide bonds. The second-order valence-electron chi connectivity index (χ2n) is 4.73. The van der Waals surface area contributed by atoms with Gasteiger partial charge in [-0.3, -0.25) is 19.8 Å². The van der Waals surface area contributed by atoms with Gasteiger partial charge in [-0.05, 0) is 18.5 Å². The number of aliphatic carboxylic acids is 1. The van der Waals surface area contributed by atoms with Gasteiger partial charge in [-0.1, -0.05) is 12.1 Å². The molecule has 0 aromatic heterocycles. The molecule has 7 nitrogen and oxygen atoms in total. The third-order valence-corrected chi connectivity index (χ3v) is 3.39. The normalized spacial score (nSPS) is 18.2. The number of benzene rings is 1. The summed E-state index contributed by atoms with van der Waals surface area (Å²) in [5, 5.41) is 23.3. The summed E-state index contributed by atoms with van der Waals surface area (Å²) in [4.78, 5) is 23.6. The lowest BCUT2D eigenvalue weighted by molar-refractivity contribution is -0.384. The predicted molar refractivity (Wildman–Crippen MR) is 72.5 cm³/mol. The fourth-order valence-electron chi connectivity index (χ4n) is 2.41. The predicted octanol–water partition coefficient (Wildman–Crippen LogP) is 1.02. The van der Waals surface area contributed by atoms with E-state index < -0.39 is 16.9 Å². The second kappa shape index (κ2) is 6.44. The molecule has 1 heterocycles. The Balaban J connectivity index is 2.23. The molecule has 1 atom stereocenters. The summed E-state index contributed by atoms with van der Waals surface area (Å²) in [6, 6.07) is 4.99. The molecule has 1 aromatic carbocycles. The first-order valence-corrected chi connectivity index (χ1v) is 6.51. The summed E-state index contributed by atoms with van der Waals surface area (Å²) in [5.74, 6) is -0.930. The minimum atomic E-state index is -0.930. The topological polar surface area (TPSA) is 95.7 Å². The summed E-state index contributed by atoms with van der Waals surface area (Å²) in [6.07, 6.45) is 0.886. The minimum absolute atomic E-state index is 0.0320. The maximum atomic E-state index is 11.5. The van der Waals surface area contributed by atoms with E-state index in [1.165, 1.54) is 24.3 Å². The fourth-order valence-corrected chi connectivity index (χ4v) is 2.41. The molecule has 20 heavy (non-hydrogen) atoms. The zero-order valence-electron chi connectivity index (χ0n) is 11.0. The van der Waals surface area contributed by atoms with Crippen molar-refractivity contribution in [2.24, 2.45) is 0 Å². The highest BCUT2D eigenvalue weighted by Gasteiger charge is 2.28. The highest BCUT2D eigenvalue weighted by atomic mass is 16.6. The maximum absolute atomic E-state index is 11.5. The molecule has 7 heteroatoms. The number of nitro groups is 1. The van der Waals surface area contributed by atoms with Crippen molar-refractivity contribution in [3.63, 3.8) is 0 Å². The SMILES string of the molecule is O=C(O)C(c1ccc([N+](=O)[O-])cc1)N1CCCNCC1. The lowest BCUT2D eigenvalue weighted by atomic mass is 10.0. The van der Waals surface area contributed by atoms with Crippen molar-refractivity contribution in [3.8, 4) is 0 Å². The van der Waals surface area contributed by atoms with Crippen LogP contribution in [0.2, 0.25) is 0 Å². The van der Waals surface area contributed by atoms with Crippen LogP contribution >= 0.6 is 0 Å². The Labute approximate surface area is 116 Å². The van der Waals surface area contributed by atoms with Gasteiger partial charge in [0.25, 0.3) is 5.69 Å². The summed E-state index contributed by atoms with van der Waals surface area (Å²) in [6.45, 7) is 2.97. The Morgan fingerprint density at radius 2 is 2.00 bits per heavy atom. The van der Waals surface area contributed by atoms with E-state index >= 15 is 0 Å². The molecule has 0 aliphatic carbocycles. The Hall–Kier alpha value is -1.99.